The van der Waals surface area contributed by atoms with Crippen LogP contribution in [0.4, 0.5) is 4.79 Å². The van der Waals surface area contributed by atoms with Gasteiger partial charge in [-0.1, -0.05) is 6.07 Å². The van der Waals surface area contributed by atoms with Crippen LogP contribution in [0.1, 0.15) is 52.1 Å². The lowest BCUT2D eigenvalue weighted by molar-refractivity contribution is 0.00819. The van der Waals surface area contributed by atoms with Crippen LogP contribution in [0.3, 0.4) is 0 Å². The zero-order valence-electron chi connectivity index (χ0n) is 19.8. The van der Waals surface area contributed by atoms with Gasteiger partial charge in [-0.25, -0.2) is 19.4 Å². The van der Waals surface area contributed by atoms with E-state index in [1.165, 1.54) is 0 Å². The number of fused-ring (bicyclic) bond motifs is 3. The second-order valence-corrected chi connectivity index (χ2v) is 9.95. The van der Waals surface area contributed by atoms with Crippen molar-refractivity contribution in [3.05, 3.63) is 36.3 Å². The maximum Gasteiger partial charge on any atom is 0.410 e. The van der Waals surface area contributed by atoms with E-state index in [2.05, 4.69) is 46.7 Å². The molecular formula is C24H30N6O3. The Bertz CT molecular complexity index is 1180. The Kier molecular flexibility index (Phi) is 5.14. The highest BCUT2D eigenvalue weighted by molar-refractivity contribution is 5.71. The van der Waals surface area contributed by atoms with Crippen LogP contribution in [0, 0.1) is 0 Å². The summed E-state index contributed by atoms with van der Waals surface area (Å²) in [4.78, 5) is 23.3. The predicted octanol–water partition coefficient (Wildman–Crippen LogP) is 4.12. The lowest BCUT2D eigenvalue weighted by Gasteiger charge is -2.40. The average Bonchev–Trinajstić information content (AvgIpc) is 3.30. The van der Waals surface area contributed by atoms with Gasteiger partial charge in [0, 0.05) is 31.2 Å². The van der Waals surface area contributed by atoms with E-state index in [1.54, 1.807) is 11.2 Å². The minimum atomic E-state index is -0.483. The van der Waals surface area contributed by atoms with Crippen molar-refractivity contribution in [1.82, 2.24) is 29.2 Å². The molecule has 9 nitrogen and oxygen atoms in total. The number of likely N-dealkylation sites (tertiary alicyclic amines) is 1. The average molecular weight is 451 g/mol. The Labute approximate surface area is 193 Å². The second-order valence-electron chi connectivity index (χ2n) is 9.95. The maximum absolute atomic E-state index is 12.3. The van der Waals surface area contributed by atoms with Crippen LogP contribution in [-0.2, 0) is 11.3 Å². The first-order valence-electron chi connectivity index (χ1n) is 11.4. The summed E-state index contributed by atoms with van der Waals surface area (Å²) in [5.41, 5.74) is 2.44. The van der Waals surface area contributed by atoms with Gasteiger partial charge in [-0.15, -0.1) is 0 Å². The lowest BCUT2D eigenvalue weighted by atomic mass is 9.91. The van der Waals surface area contributed by atoms with Gasteiger partial charge >= 0.3 is 6.09 Å². The standard InChI is InChI=1S/C24H30N6O3/c1-15(2)30-22(25-14-26-30)19-13-28-8-9-32-20-10-16(6-7-18(20)21(28)27-19)17-11-29(12-17)23(31)33-24(3,4)5/h6-7,10,13-15,17H,8-9,11-12H2,1-5H3. The van der Waals surface area contributed by atoms with Gasteiger partial charge in [-0.2, -0.15) is 5.10 Å². The molecule has 0 N–H and O–H groups in total. The van der Waals surface area contributed by atoms with Crippen LogP contribution in [0.2, 0.25) is 0 Å². The summed E-state index contributed by atoms with van der Waals surface area (Å²) >= 11 is 0. The lowest BCUT2D eigenvalue weighted by Crippen LogP contribution is -2.50. The third kappa shape index (κ3) is 4.07. The number of amides is 1. The van der Waals surface area contributed by atoms with Crippen molar-refractivity contribution >= 4 is 6.09 Å². The number of nitrogens with zero attached hydrogens (tertiary/aromatic N) is 6. The van der Waals surface area contributed by atoms with Gasteiger partial charge in [0.25, 0.3) is 0 Å². The van der Waals surface area contributed by atoms with E-state index < -0.39 is 5.60 Å². The van der Waals surface area contributed by atoms with Crippen LogP contribution in [0.15, 0.2) is 30.7 Å². The predicted molar refractivity (Wildman–Crippen MR) is 123 cm³/mol. The molecule has 1 amide bonds. The molecule has 2 aromatic heterocycles. The number of imidazole rings is 1. The van der Waals surface area contributed by atoms with Crippen molar-refractivity contribution in [3.63, 3.8) is 0 Å². The molecule has 0 radical (unpaired) electrons. The summed E-state index contributed by atoms with van der Waals surface area (Å²) in [5, 5.41) is 4.34. The largest absolute Gasteiger partial charge is 0.491 e. The quantitative estimate of drug-likeness (QED) is 0.597. The van der Waals surface area contributed by atoms with E-state index in [1.807, 2.05) is 31.6 Å². The fourth-order valence-corrected chi connectivity index (χ4v) is 4.24. The van der Waals surface area contributed by atoms with Crippen molar-refractivity contribution in [2.75, 3.05) is 19.7 Å². The van der Waals surface area contributed by atoms with Gasteiger partial charge < -0.3 is 18.9 Å². The summed E-state index contributed by atoms with van der Waals surface area (Å²) in [6, 6.07) is 6.47. The van der Waals surface area contributed by atoms with E-state index >= 15 is 0 Å². The molecule has 0 atom stereocenters. The van der Waals surface area contributed by atoms with Crippen molar-refractivity contribution < 1.29 is 14.3 Å². The molecule has 33 heavy (non-hydrogen) atoms. The first-order valence-corrected chi connectivity index (χ1v) is 11.4. The molecule has 2 aliphatic heterocycles. The number of hydrogen-bond acceptors (Lipinski definition) is 6. The van der Waals surface area contributed by atoms with Gasteiger partial charge in [-0.3, -0.25) is 0 Å². The van der Waals surface area contributed by atoms with E-state index in [4.69, 9.17) is 14.5 Å². The Hall–Kier alpha value is -3.36. The first kappa shape index (κ1) is 21.5. The highest BCUT2D eigenvalue weighted by Crippen LogP contribution is 2.38. The maximum atomic E-state index is 12.3. The molecule has 9 heteroatoms. The normalized spacial score (nSPS) is 16.0. The van der Waals surface area contributed by atoms with Crippen LogP contribution in [0.5, 0.6) is 5.75 Å². The van der Waals surface area contributed by atoms with Gasteiger partial charge in [-0.05, 0) is 52.3 Å². The molecule has 5 rings (SSSR count). The number of hydrogen-bond donors (Lipinski definition) is 0. The topological polar surface area (TPSA) is 87.3 Å². The Morgan fingerprint density at radius 2 is 2.00 bits per heavy atom. The van der Waals surface area contributed by atoms with Crippen molar-refractivity contribution in [3.8, 4) is 28.7 Å². The van der Waals surface area contributed by atoms with Crippen molar-refractivity contribution in [2.45, 2.75) is 58.7 Å². The van der Waals surface area contributed by atoms with Gasteiger partial charge in [0.05, 0.1) is 12.1 Å². The fourth-order valence-electron chi connectivity index (χ4n) is 4.24. The van der Waals surface area contributed by atoms with Gasteiger partial charge in [0.1, 0.15) is 35.8 Å². The molecule has 0 saturated carbocycles. The van der Waals surface area contributed by atoms with E-state index in [0.717, 1.165) is 34.2 Å². The third-order valence-electron chi connectivity index (χ3n) is 5.91. The molecule has 1 saturated heterocycles. The van der Waals surface area contributed by atoms with E-state index in [9.17, 15) is 4.79 Å². The number of ether oxygens (including phenoxy) is 2. The molecule has 1 aromatic carbocycles. The molecular weight excluding hydrogens is 420 g/mol. The summed E-state index contributed by atoms with van der Waals surface area (Å²) in [5.74, 6) is 2.73. The molecule has 0 unspecified atom stereocenters. The molecule has 2 aliphatic rings. The van der Waals surface area contributed by atoms with Gasteiger partial charge in [0.2, 0.25) is 0 Å². The highest BCUT2D eigenvalue weighted by Gasteiger charge is 2.35. The molecule has 3 aromatic rings. The fraction of sp³-hybridized carbons (Fsp3) is 0.500. The van der Waals surface area contributed by atoms with Crippen molar-refractivity contribution in [2.24, 2.45) is 0 Å². The molecule has 1 fully saturated rings. The number of carbonyl (C=O) groups excluding carboxylic acids is 1. The summed E-state index contributed by atoms with van der Waals surface area (Å²) < 4.78 is 15.6. The molecule has 0 aliphatic carbocycles. The van der Waals surface area contributed by atoms with Crippen LogP contribution in [-0.4, -0.2) is 60.6 Å². The van der Waals surface area contributed by atoms with Gasteiger partial charge in [0.15, 0.2) is 5.82 Å². The van der Waals surface area contributed by atoms with E-state index in [-0.39, 0.29) is 18.1 Å². The third-order valence-corrected chi connectivity index (χ3v) is 5.91. The SMILES string of the molecule is CC(C)n1ncnc1-c1cn2c(n1)-c1ccc(C3CN(C(=O)OC(C)(C)C)C3)cc1OCC2. The number of rotatable bonds is 3. The van der Waals surface area contributed by atoms with E-state index in [0.29, 0.717) is 26.2 Å². The Morgan fingerprint density at radius 1 is 1.21 bits per heavy atom. The second kappa shape index (κ2) is 7.90. The Balaban J connectivity index is 1.37. The minimum Gasteiger partial charge on any atom is -0.491 e. The summed E-state index contributed by atoms with van der Waals surface area (Å²) in [6.07, 6.45) is 3.34. The molecule has 0 spiro atoms. The van der Waals surface area contributed by atoms with Crippen LogP contribution in [0.25, 0.3) is 22.9 Å². The monoisotopic (exact) mass is 450 g/mol. The smallest absolute Gasteiger partial charge is 0.410 e. The zero-order chi connectivity index (χ0) is 23.3. The molecule has 4 heterocycles. The Morgan fingerprint density at radius 3 is 2.73 bits per heavy atom. The number of aromatic nitrogens is 5. The number of benzene rings is 1. The zero-order valence-corrected chi connectivity index (χ0v) is 19.8. The number of carbonyl (C=O) groups is 1. The summed E-state index contributed by atoms with van der Waals surface area (Å²) in [6.45, 7) is 12.4. The first-order chi connectivity index (χ1) is 15.7. The van der Waals surface area contributed by atoms with Crippen LogP contribution < -0.4 is 4.74 Å². The van der Waals surface area contributed by atoms with Crippen molar-refractivity contribution in [1.29, 1.82) is 0 Å². The molecule has 0 bridgehead atoms. The summed E-state index contributed by atoms with van der Waals surface area (Å²) in [7, 11) is 0. The highest BCUT2D eigenvalue weighted by atomic mass is 16.6. The minimum absolute atomic E-state index is 0.199. The molecule has 174 valence electrons. The van der Waals surface area contributed by atoms with Crippen LogP contribution >= 0.6 is 0 Å².